The van der Waals surface area contributed by atoms with Gasteiger partial charge in [-0.15, -0.1) is 0 Å². The summed E-state index contributed by atoms with van der Waals surface area (Å²) in [7, 11) is 0. The van der Waals surface area contributed by atoms with Crippen LogP contribution in [-0.4, -0.2) is 41.0 Å². The van der Waals surface area contributed by atoms with Gasteiger partial charge in [-0.1, -0.05) is 25.6 Å². The van der Waals surface area contributed by atoms with Crippen molar-refractivity contribution in [3.05, 3.63) is 42.0 Å². The molecule has 1 aliphatic heterocycles. The van der Waals surface area contributed by atoms with Gasteiger partial charge in [0.15, 0.2) is 0 Å². The fourth-order valence-corrected chi connectivity index (χ4v) is 3.31. The monoisotopic (exact) mass is 455 g/mol. The van der Waals surface area contributed by atoms with Gasteiger partial charge in [0.1, 0.15) is 24.7 Å². The first-order valence-electron chi connectivity index (χ1n) is 9.55. The molecule has 32 heavy (non-hydrogen) atoms. The van der Waals surface area contributed by atoms with Crippen molar-refractivity contribution in [1.29, 1.82) is 5.41 Å². The van der Waals surface area contributed by atoms with Crippen LogP contribution in [0.15, 0.2) is 30.6 Å². The average Bonchev–Trinajstić information content (AvgIpc) is 2.72. The predicted molar refractivity (Wildman–Crippen MR) is 111 cm³/mol. The third-order valence-electron chi connectivity index (χ3n) is 4.99. The number of rotatable bonds is 6. The smallest absolute Gasteiger partial charge is 0.391 e. The van der Waals surface area contributed by atoms with Gasteiger partial charge in [0.25, 0.3) is 0 Å². The predicted octanol–water partition coefficient (Wildman–Crippen LogP) is 4.07. The maximum absolute atomic E-state index is 14.9. The number of aromatic nitrogens is 2. The molecule has 1 aromatic carbocycles. The lowest BCUT2D eigenvalue weighted by atomic mass is 9.96. The number of nitrogens with one attached hydrogen (secondary N) is 1. The standard InChI is InChI=1S/C20H21F4N5O2.CH4/c21-18-12(11-31-17(30)8-16(25)26)2-1-3-15(18)13-9-27-19(28-10-13)29-6-4-14(5-7-29)20(22,23)24;/h1-3,9-10,14H,4-8,11H2,(H3,25,26);1H4. The quantitative estimate of drug-likeness (QED) is 0.295. The normalized spacial score (nSPS) is 14.6. The number of hydrogen-bond acceptors (Lipinski definition) is 6. The van der Waals surface area contributed by atoms with E-state index in [-0.39, 0.29) is 63.3 Å². The van der Waals surface area contributed by atoms with Crippen LogP contribution in [0.5, 0.6) is 0 Å². The van der Waals surface area contributed by atoms with Gasteiger partial charge < -0.3 is 15.4 Å². The number of esters is 1. The molecule has 1 saturated heterocycles. The molecule has 2 heterocycles. The lowest BCUT2D eigenvalue weighted by molar-refractivity contribution is -0.179. The van der Waals surface area contributed by atoms with Crippen molar-refractivity contribution in [3.8, 4) is 11.1 Å². The third-order valence-corrected chi connectivity index (χ3v) is 4.99. The summed E-state index contributed by atoms with van der Waals surface area (Å²) in [6.45, 7) is 0.0663. The molecular formula is C21H25F4N5O2. The number of hydrogen-bond donors (Lipinski definition) is 2. The van der Waals surface area contributed by atoms with Crippen LogP contribution in [-0.2, 0) is 16.1 Å². The Morgan fingerprint density at radius 2 is 1.84 bits per heavy atom. The fourth-order valence-electron chi connectivity index (χ4n) is 3.31. The summed E-state index contributed by atoms with van der Waals surface area (Å²) < 4.78 is 58.2. The second-order valence-corrected chi connectivity index (χ2v) is 7.22. The Balaban J connectivity index is 0.00000363. The topological polar surface area (TPSA) is 105 Å². The van der Waals surface area contributed by atoms with Gasteiger partial charge in [-0.2, -0.15) is 13.2 Å². The van der Waals surface area contributed by atoms with E-state index in [1.165, 1.54) is 24.5 Å². The Kier molecular flexibility index (Phi) is 8.12. The zero-order valence-electron chi connectivity index (χ0n) is 16.5. The van der Waals surface area contributed by atoms with Crippen molar-refractivity contribution in [2.75, 3.05) is 18.0 Å². The summed E-state index contributed by atoms with van der Waals surface area (Å²) in [6.07, 6.45) is -1.80. The second-order valence-electron chi connectivity index (χ2n) is 7.22. The molecule has 0 radical (unpaired) electrons. The van der Waals surface area contributed by atoms with E-state index < -0.39 is 23.9 Å². The highest BCUT2D eigenvalue weighted by Gasteiger charge is 2.41. The van der Waals surface area contributed by atoms with Gasteiger partial charge in [0.05, 0.1) is 5.92 Å². The van der Waals surface area contributed by atoms with E-state index in [9.17, 15) is 22.4 Å². The van der Waals surface area contributed by atoms with Crippen LogP contribution in [0.3, 0.4) is 0 Å². The Morgan fingerprint density at radius 3 is 2.41 bits per heavy atom. The largest absolute Gasteiger partial charge is 0.460 e. The zero-order chi connectivity index (χ0) is 22.6. The highest BCUT2D eigenvalue weighted by molar-refractivity contribution is 5.94. The Morgan fingerprint density at radius 1 is 1.22 bits per heavy atom. The summed E-state index contributed by atoms with van der Waals surface area (Å²) in [5, 5.41) is 7.06. The molecule has 1 aromatic heterocycles. The van der Waals surface area contributed by atoms with E-state index in [2.05, 4.69) is 9.97 Å². The molecule has 1 aliphatic rings. The number of carbonyl (C=O) groups is 1. The molecule has 0 atom stereocenters. The van der Waals surface area contributed by atoms with E-state index in [1.807, 2.05) is 0 Å². The van der Waals surface area contributed by atoms with Crippen molar-refractivity contribution < 1.29 is 27.1 Å². The van der Waals surface area contributed by atoms with Crippen molar-refractivity contribution >= 4 is 17.8 Å². The van der Waals surface area contributed by atoms with Crippen LogP contribution < -0.4 is 10.6 Å². The molecule has 7 nitrogen and oxygen atoms in total. The van der Waals surface area contributed by atoms with Crippen molar-refractivity contribution in [2.45, 2.75) is 39.5 Å². The molecule has 0 unspecified atom stereocenters. The van der Waals surface area contributed by atoms with Gasteiger partial charge in [-0.25, -0.2) is 14.4 Å². The molecule has 174 valence electrons. The summed E-state index contributed by atoms with van der Waals surface area (Å²) >= 11 is 0. The van der Waals surface area contributed by atoms with Crippen LogP contribution in [0.4, 0.5) is 23.5 Å². The molecular weight excluding hydrogens is 430 g/mol. The summed E-state index contributed by atoms with van der Waals surface area (Å²) in [5.74, 6) is -2.72. The average molecular weight is 455 g/mol. The van der Waals surface area contributed by atoms with Crippen LogP contribution in [0.25, 0.3) is 11.1 Å². The molecule has 11 heteroatoms. The summed E-state index contributed by atoms with van der Waals surface area (Å²) in [6, 6.07) is 4.56. The minimum atomic E-state index is -4.19. The maximum atomic E-state index is 14.9. The molecule has 1 fully saturated rings. The van der Waals surface area contributed by atoms with E-state index >= 15 is 0 Å². The van der Waals surface area contributed by atoms with Gasteiger partial charge in [-0.05, 0) is 12.8 Å². The first-order chi connectivity index (χ1) is 14.6. The number of benzene rings is 1. The van der Waals surface area contributed by atoms with Crippen molar-refractivity contribution in [1.82, 2.24) is 9.97 Å². The first-order valence-corrected chi connectivity index (χ1v) is 9.55. The Bertz CT molecular complexity index is 942. The Labute approximate surface area is 183 Å². The SMILES string of the molecule is C.N=C(N)CC(=O)OCc1cccc(-c2cnc(N3CCC(C(F)(F)F)CC3)nc2)c1F. The molecule has 3 rings (SSSR count). The molecule has 0 aliphatic carbocycles. The molecule has 3 N–H and O–H groups in total. The van der Waals surface area contributed by atoms with Crippen LogP contribution in [0.1, 0.15) is 32.3 Å². The number of amidine groups is 1. The van der Waals surface area contributed by atoms with E-state index in [0.717, 1.165) is 0 Å². The van der Waals surface area contributed by atoms with Gasteiger partial charge in [-0.3, -0.25) is 10.2 Å². The molecule has 2 aromatic rings. The van der Waals surface area contributed by atoms with Gasteiger partial charge in [0, 0.05) is 42.2 Å². The lowest BCUT2D eigenvalue weighted by Gasteiger charge is -2.32. The molecule has 0 saturated carbocycles. The number of piperidine rings is 1. The van der Waals surface area contributed by atoms with Gasteiger partial charge in [0.2, 0.25) is 5.95 Å². The van der Waals surface area contributed by atoms with Gasteiger partial charge >= 0.3 is 12.1 Å². The van der Waals surface area contributed by atoms with Crippen molar-refractivity contribution in [3.63, 3.8) is 0 Å². The van der Waals surface area contributed by atoms with E-state index in [0.29, 0.717) is 11.5 Å². The van der Waals surface area contributed by atoms with E-state index in [4.69, 9.17) is 15.9 Å². The van der Waals surface area contributed by atoms with Crippen LogP contribution >= 0.6 is 0 Å². The second kappa shape index (κ2) is 10.4. The van der Waals surface area contributed by atoms with Crippen molar-refractivity contribution in [2.24, 2.45) is 11.7 Å². The summed E-state index contributed by atoms with van der Waals surface area (Å²) in [4.78, 5) is 21.6. The highest BCUT2D eigenvalue weighted by Crippen LogP contribution is 2.35. The number of carbonyl (C=O) groups excluding carboxylic acids is 1. The first kappa shape index (κ1) is 25.0. The number of alkyl halides is 3. The molecule has 0 bridgehead atoms. The number of halogens is 4. The zero-order valence-corrected chi connectivity index (χ0v) is 16.5. The fraction of sp³-hybridized carbons (Fsp3) is 0.429. The molecule has 0 spiro atoms. The summed E-state index contributed by atoms with van der Waals surface area (Å²) in [5.41, 5.74) is 5.83. The van der Waals surface area contributed by atoms with Crippen LogP contribution in [0, 0.1) is 17.1 Å². The highest BCUT2D eigenvalue weighted by atomic mass is 19.4. The van der Waals surface area contributed by atoms with Crippen LogP contribution in [0.2, 0.25) is 0 Å². The number of anilines is 1. The minimum absolute atomic E-state index is 0. The minimum Gasteiger partial charge on any atom is -0.460 e. The number of nitrogens with zero attached hydrogens (tertiary/aromatic N) is 3. The van der Waals surface area contributed by atoms with E-state index in [1.54, 1.807) is 11.0 Å². The maximum Gasteiger partial charge on any atom is 0.391 e. The lowest BCUT2D eigenvalue weighted by Crippen LogP contribution is -2.39. The Hall–Kier alpha value is -3.24. The molecule has 0 amide bonds. The third kappa shape index (κ3) is 6.14. The number of nitrogens with two attached hydrogens (primary N) is 1. The number of ether oxygens (including phenoxy) is 1.